The molecular weight excluding hydrogens is 411 g/mol. The molecule has 8 nitrogen and oxygen atoms in total. The Hall–Kier alpha value is -4.01. The molecule has 32 heavy (non-hydrogen) atoms. The molecule has 5 rings (SSSR count). The van der Waals surface area contributed by atoms with E-state index in [1.165, 1.54) is 12.1 Å². The minimum atomic E-state index is -0.354. The minimum Gasteiger partial charge on any atom is -0.382 e. The molecule has 0 saturated carbocycles. The summed E-state index contributed by atoms with van der Waals surface area (Å²) in [7, 11) is 0. The molecule has 3 N–H and O–H groups in total. The number of amides is 1. The highest BCUT2D eigenvalue weighted by Crippen LogP contribution is 2.35. The summed E-state index contributed by atoms with van der Waals surface area (Å²) in [5.74, 6) is -0.224. The maximum atomic E-state index is 13.5. The van der Waals surface area contributed by atoms with E-state index in [0.29, 0.717) is 41.7 Å². The van der Waals surface area contributed by atoms with Crippen molar-refractivity contribution >= 4 is 28.3 Å². The molecule has 2 aromatic heterocycles. The highest BCUT2D eigenvalue weighted by atomic mass is 19.1. The highest BCUT2D eigenvalue weighted by Gasteiger charge is 2.26. The number of hydrogen-bond acceptors (Lipinski definition) is 5. The first-order valence-electron chi connectivity index (χ1n) is 10.4. The molecule has 162 valence electrons. The number of carbonyl (C=O) groups is 1. The van der Waals surface area contributed by atoms with Gasteiger partial charge in [-0.25, -0.2) is 9.49 Å². The Labute approximate surface area is 182 Å². The van der Waals surface area contributed by atoms with Crippen LogP contribution in [-0.2, 0) is 24.2 Å². The summed E-state index contributed by atoms with van der Waals surface area (Å²) >= 11 is 0. The van der Waals surface area contributed by atoms with Gasteiger partial charge < -0.3 is 10.6 Å². The normalized spacial score (nSPS) is 13.0. The number of rotatable bonds is 4. The molecule has 9 heteroatoms. The molecule has 0 bridgehead atoms. The van der Waals surface area contributed by atoms with E-state index in [9.17, 15) is 14.0 Å². The van der Waals surface area contributed by atoms with Gasteiger partial charge in [-0.05, 0) is 48.7 Å². The van der Waals surface area contributed by atoms with Crippen LogP contribution < -0.4 is 16.2 Å². The summed E-state index contributed by atoms with van der Waals surface area (Å²) in [5.41, 5.74) is 10.00. The van der Waals surface area contributed by atoms with Crippen LogP contribution in [0.1, 0.15) is 18.1 Å². The molecule has 0 unspecified atom stereocenters. The zero-order valence-corrected chi connectivity index (χ0v) is 17.4. The Morgan fingerprint density at radius 3 is 2.88 bits per heavy atom. The van der Waals surface area contributed by atoms with Crippen LogP contribution in [0.4, 0.5) is 15.9 Å². The fourth-order valence-corrected chi connectivity index (χ4v) is 4.31. The van der Waals surface area contributed by atoms with Gasteiger partial charge in [-0.15, -0.1) is 0 Å². The Kier molecular flexibility index (Phi) is 4.73. The lowest BCUT2D eigenvalue weighted by molar-refractivity contribution is -0.117. The standard InChI is InChI=1S/C23H21FN6O2/c1-2-30-21-19(22(25)26-27-23(21)32)20(28-30)15-6-7-17-14(12-15)8-9-29(17)18(31)11-13-4-3-5-16(24)10-13/h3-7,10,12H,2,8-9,11H2,1H3,(H2,25,26)(H,27,32). The molecule has 1 aliphatic rings. The van der Waals surface area contributed by atoms with Crippen molar-refractivity contribution in [1.29, 1.82) is 0 Å². The van der Waals surface area contributed by atoms with E-state index in [-0.39, 0.29) is 29.5 Å². The molecule has 0 radical (unpaired) electrons. The number of halogens is 1. The van der Waals surface area contributed by atoms with Crippen LogP contribution >= 0.6 is 0 Å². The molecule has 1 aliphatic heterocycles. The van der Waals surface area contributed by atoms with Gasteiger partial charge in [-0.1, -0.05) is 18.2 Å². The maximum Gasteiger partial charge on any atom is 0.290 e. The van der Waals surface area contributed by atoms with E-state index in [1.54, 1.807) is 21.7 Å². The first kappa shape index (κ1) is 19.9. The van der Waals surface area contributed by atoms with Crippen molar-refractivity contribution in [3.8, 4) is 11.3 Å². The van der Waals surface area contributed by atoms with Crippen molar-refractivity contribution in [3.63, 3.8) is 0 Å². The summed E-state index contributed by atoms with van der Waals surface area (Å²) in [4.78, 5) is 26.9. The predicted octanol–water partition coefficient (Wildman–Crippen LogP) is 2.66. The maximum absolute atomic E-state index is 13.5. The van der Waals surface area contributed by atoms with E-state index < -0.39 is 0 Å². The van der Waals surface area contributed by atoms with Gasteiger partial charge in [0, 0.05) is 24.3 Å². The number of fused-ring (bicyclic) bond motifs is 2. The number of nitrogens with one attached hydrogen (secondary N) is 1. The topological polar surface area (TPSA) is 110 Å². The largest absolute Gasteiger partial charge is 0.382 e. The molecule has 0 atom stereocenters. The van der Waals surface area contributed by atoms with Gasteiger partial charge in [0.15, 0.2) is 5.82 Å². The number of benzene rings is 2. The Morgan fingerprint density at radius 2 is 2.09 bits per heavy atom. The molecule has 3 heterocycles. The quantitative estimate of drug-likeness (QED) is 0.515. The van der Waals surface area contributed by atoms with Gasteiger partial charge in [-0.2, -0.15) is 10.2 Å². The third-order valence-corrected chi connectivity index (χ3v) is 5.79. The molecule has 1 amide bonds. The van der Waals surface area contributed by atoms with Gasteiger partial charge >= 0.3 is 0 Å². The van der Waals surface area contributed by atoms with Crippen LogP contribution in [0.25, 0.3) is 22.2 Å². The van der Waals surface area contributed by atoms with Crippen LogP contribution in [0.2, 0.25) is 0 Å². The second kappa shape index (κ2) is 7.60. The summed E-state index contributed by atoms with van der Waals surface area (Å²) in [6.07, 6.45) is 0.828. The van der Waals surface area contributed by atoms with Crippen molar-refractivity contribution in [1.82, 2.24) is 20.0 Å². The van der Waals surface area contributed by atoms with Crippen LogP contribution in [0, 0.1) is 5.82 Å². The van der Waals surface area contributed by atoms with E-state index in [2.05, 4.69) is 15.3 Å². The molecule has 0 aliphatic carbocycles. The number of nitrogens with zero attached hydrogens (tertiary/aromatic N) is 4. The van der Waals surface area contributed by atoms with Crippen LogP contribution in [0.15, 0.2) is 47.3 Å². The average Bonchev–Trinajstić information content (AvgIpc) is 3.38. The van der Waals surface area contributed by atoms with E-state index in [0.717, 1.165) is 16.8 Å². The lowest BCUT2D eigenvalue weighted by Crippen LogP contribution is -2.30. The first-order chi connectivity index (χ1) is 15.5. The summed E-state index contributed by atoms with van der Waals surface area (Å²) in [6.45, 7) is 2.97. The van der Waals surface area contributed by atoms with Gasteiger partial charge in [0.2, 0.25) is 5.91 Å². The fraction of sp³-hybridized carbons (Fsp3) is 0.217. The average molecular weight is 432 g/mol. The summed E-state index contributed by atoms with van der Waals surface area (Å²) in [5, 5.41) is 11.4. The minimum absolute atomic E-state index is 0.0808. The first-order valence-corrected chi connectivity index (χ1v) is 10.4. The number of aryl methyl sites for hydroxylation is 1. The molecule has 0 spiro atoms. The number of H-pyrrole nitrogens is 1. The van der Waals surface area contributed by atoms with Crippen molar-refractivity contribution in [2.24, 2.45) is 0 Å². The number of nitrogen functional groups attached to an aromatic ring is 1. The Bertz CT molecular complexity index is 1420. The van der Waals surface area contributed by atoms with Gasteiger partial charge in [-0.3, -0.25) is 14.3 Å². The van der Waals surface area contributed by atoms with Gasteiger partial charge in [0.1, 0.15) is 17.0 Å². The Balaban J connectivity index is 1.50. The third-order valence-electron chi connectivity index (χ3n) is 5.79. The fourth-order valence-electron chi connectivity index (χ4n) is 4.31. The predicted molar refractivity (Wildman–Crippen MR) is 120 cm³/mol. The SMILES string of the molecule is CCn1nc(-c2ccc3c(c2)CCN3C(=O)Cc2cccc(F)c2)c2c(N)n[nH]c(=O)c21. The van der Waals surface area contributed by atoms with Crippen molar-refractivity contribution in [2.45, 2.75) is 26.3 Å². The van der Waals surface area contributed by atoms with E-state index in [1.807, 2.05) is 25.1 Å². The monoisotopic (exact) mass is 432 g/mol. The van der Waals surface area contributed by atoms with Crippen LogP contribution in [0.5, 0.6) is 0 Å². The van der Waals surface area contributed by atoms with Crippen LogP contribution in [-0.4, -0.2) is 32.4 Å². The van der Waals surface area contributed by atoms with E-state index >= 15 is 0 Å². The lowest BCUT2D eigenvalue weighted by Gasteiger charge is -2.17. The van der Waals surface area contributed by atoms with Crippen molar-refractivity contribution < 1.29 is 9.18 Å². The number of carbonyl (C=O) groups excluding carboxylic acids is 1. The molecule has 4 aromatic rings. The number of anilines is 2. The van der Waals surface area contributed by atoms with Crippen molar-refractivity contribution in [3.05, 3.63) is 69.8 Å². The number of hydrogen-bond donors (Lipinski definition) is 2. The van der Waals surface area contributed by atoms with Gasteiger partial charge in [0.25, 0.3) is 5.56 Å². The zero-order chi connectivity index (χ0) is 22.4. The number of nitrogens with two attached hydrogens (primary N) is 1. The lowest BCUT2D eigenvalue weighted by atomic mass is 10.0. The van der Waals surface area contributed by atoms with Crippen LogP contribution in [0.3, 0.4) is 0 Å². The second-order valence-corrected chi connectivity index (χ2v) is 7.77. The smallest absolute Gasteiger partial charge is 0.290 e. The zero-order valence-electron chi connectivity index (χ0n) is 17.4. The summed E-state index contributed by atoms with van der Waals surface area (Å²) < 4.78 is 15.1. The Morgan fingerprint density at radius 1 is 1.25 bits per heavy atom. The highest BCUT2D eigenvalue weighted by molar-refractivity contribution is 6.01. The number of aromatic amines is 1. The molecule has 0 fully saturated rings. The second-order valence-electron chi connectivity index (χ2n) is 7.77. The van der Waals surface area contributed by atoms with Gasteiger partial charge in [0.05, 0.1) is 11.8 Å². The summed E-state index contributed by atoms with van der Waals surface area (Å²) in [6, 6.07) is 11.8. The number of aromatic nitrogens is 4. The third kappa shape index (κ3) is 3.22. The molecular formula is C23H21FN6O2. The van der Waals surface area contributed by atoms with E-state index in [4.69, 9.17) is 5.73 Å². The molecule has 0 saturated heterocycles. The molecule has 2 aromatic carbocycles. The van der Waals surface area contributed by atoms with Crippen molar-refractivity contribution in [2.75, 3.05) is 17.2 Å².